The van der Waals surface area contributed by atoms with Crippen molar-refractivity contribution in [2.45, 2.75) is 0 Å². The summed E-state index contributed by atoms with van der Waals surface area (Å²) >= 11 is 0. The SMILES string of the molecule is N=C1C=CC=CC1C(=O)O.c1ccc2n[nH]nc2c1.c1ccccc1. The van der Waals surface area contributed by atoms with Crippen molar-refractivity contribution in [3.05, 3.63) is 85.0 Å². The second kappa shape index (κ2) is 9.57. The monoisotopic (exact) mass is 334 g/mol. The Morgan fingerprint density at radius 3 is 1.84 bits per heavy atom. The first-order chi connectivity index (χ1) is 12.2. The molecular formula is C19H18N4O2. The maximum atomic E-state index is 10.3. The van der Waals surface area contributed by atoms with Gasteiger partial charge < -0.3 is 10.5 Å². The summed E-state index contributed by atoms with van der Waals surface area (Å²) in [7, 11) is 0. The smallest absolute Gasteiger partial charge is 0.316 e. The molecule has 1 unspecified atom stereocenters. The number of allylic oxidation sites excluding steroid dienone is 3. The number of fused-ring (bicyclic) bond motifs is 1. The molecule has 1 atom stereocenters. The number of carbonyl (C=O) groups is 1. The van der Waals surface area contributed by atoms with E-state index in [1.54, 1.807) is 12.2 Å². The zero-order chi connectivity index (χ0) is 17.9. The third-order valence-corrected chi connectivity index (χ3v) is 3.18. The summed E-state index contributed by atoms with van der Waals surface area (Å²) in [5.74, 6) is -1.71. The summed E-state index contributed by atoms with van der Waals surface area (Å²) in [6.45, 7) is 0. The Labute approximate surface area is 145 Å². The van der Waals surface area contributed by atoms with Crippen LogP contribution < -0.4 is 0 Å². The van der Waals surface area contributed by atoms with E-state index < -0.39 is 11.9 Å². The molecule has 3 aromatic rings. The largest absolute Gasteiger partial charge is 0.481 e. The lowest BCUT2D eigenvalue weighted by molar-refractivity contribution is -0.138. The van der Waals surface area contributed by atoms with Gasteiger partial charge in [0.2, 0.25) is 0 Å². The molecule has 0 saturated heterocycles. The van der Waals surface area contributed by atoms with Crippen molar-refractivity contribution in [2.75, 3.05) is 0 Å². The number of aromatic nitrogens is 3. The van der Waals surface area contributed by atoms with Gasteiger partial charge in [0.1, 0.15) is 17.0 Å². The molecule has 25 heavy (non-hydrogen) atoms. The van der Waals surface area contributed by atoms with Crippen LogP contribution in [-0.4, -0.2) is 32.2 Å². The van der Waals surface area contributed by atoms with Crippen molar-refractivity contribution in [2.24, 2.45) is 5.92 Å². The zero-order valence-corrected chi connectivity index (χ0v) is 13.4. The van der Waals surface area contributed by atoms with Crippen molar-refractivity contribution in [1.29, 1.82) is 5.41 Å². The van der Waals surface area contributed by atoms with E-state index in [9.17, 15) is 4.79 Å². The minimum atomic E-state index is -0.967. The highest BCUT2D eigenvalue weighted by atomic mass is 16.4. The summed E-state index contributed by atoms with van der Waals surface area (Å²) in [5, 5.41) is 25.9. The lowest BCUT2D eigenvalue weighted by Crippen LogP contribution is -2.20. The van der Waals surface area contributed by atoms with E-state index in [4.69, 9.17) is 10.5 Å². The summed E-state index contributed by atoms with van der Waals surface area (Å²) in [6.07, 6.45) is 6.27. The molecule has 6 heteroatoms. The standard InChI is InChI=1S/C7H7NO2.C6H5N3.C6H6/c8-6-4-2-1-3-5(6)7(9)10;1-2-4-6-5(3-1)7-9-8-6;1-2-4-6-5-3-1/h1-5,8H,(H,9,10);1-4H,(H,7,8,9);1-6H. The predicted octanol–water partition coefficient (Wildman–Crippen LogP) is 3.48. The van der Waals surface area contributed by atoms with Crippen LogP contribution in [-0.2, 0) is 4.79 Å². The van der Waals surface area contributed by atoms with Crippen LogP contribution in [0.2, 0.25) is 0 Å². The van der Waals surface area contributed by atoms with Crippen molar-refractivity contribution >= 4 is 22.7 Å². The molecule has 0 radical (unpaired) electrons. The van der Waals surface area contributed by atoms with Crippen LogP contribution in [0, 0.1) is 11.3 Å². The molecule has 126 valence electrons. The summed E-state index contributed by atoms with van der Waals surface area (Å²) in [6, 6.07) is 19.7. The topological polar surface area (TPSA) is 103 Å². The fourth-order valence-electron chi connectivity index (χ4n) is 1.93. The van der Waals surface area contributed by atoms with Gasteiger partial charge in [-0.2, -0.15) is 15.4 Å². The van der Waals surface area contributed by atoms with Gasteiger partial charge in [-0.05, 0) is 18.2 Å². The van der Waals surface area contributed by atoms with Gasteiger partial charge in [-0.1, -0.05) is 66.8 Å². The van der Waals surface area contributed by atoms with Gasteiger partial charge in [0, 0.05) is 5.71 Å². The number of nitrogens with one attached hydrogen (secondary N) is 2. The molecule has 0 bridgehead atoms. The molecule has 4 rings (SSSR count). The molecule has 1 heterocycles. The zero-order valence-electron chi connectivity index (χ0n) is 13.4. The average Bonchev–Trinajstić information content (AvgIpc) is 3.13. The van der Waals surface area contributed by atoms with Crippen LogP contribution >= 0.6 is 0 Å². The first-order valence-corrected chi connectivity index (χ1v) is 7.60. The third kappa shape index (κ3) is 5.87. The van der Waals surface area contributed by atoms with E-state index in [-0.39, 0.29) is 5.71 Å². The highest BCUT2D eigenvalue weighted by Gasteiger charge is 2.18. The van der Waals surface area contributed by atoms with E-state index in [1.165, 1.54) is 12.2 Å². The number of H-pyrrole nitrogens is 1. The van der Waals surface area contributed by atoms with Crippen LogP contribution in [0.15, 0.2) is 85.0 Å². The summed E-state index contributed by atoms with van der Waals surface area (Å²) in [5.41, 5.74) is 1.96. The third-order valence-electron chi connectivity index (χ3n) is 3.18. The molecule has 0 aliphatic heterocycles. The minimum Gasteiger partial charge on any atom is -0.481 e. The lowest BCUT2D eigenvalue weighted by atomic mass is 9.99. The van der Waals surface area contributed by atoms with Crippen molar-refractivity contribution in [1.82, 2.24) is 15.4 Å². The maximum Gasteiger partial charge on any atom is 0.316 e. The molecule has 2 aromatic carbocycles. The van der Waals surface area contributed by atoms with Crippen LogP contribution in [0.25, 0.3) is 11.0 Å². The number of aliphatic carboxylic acids is 1. The highest BCUT2D eigenvalue weighted by molar-refractivity contribution is 6.08. The van der Waals surface area contributed by atoms with Gasteiger partial charge in [0.05, 0.1) is 0 Å². The van der Waals surface area contributed by atoms with Gasteiger partial charge in [-0.3, -0.25) is 4.79 Å². The molecular weight excluding hydrogens is 316 g/mol. The van der Waals surface area contributed by atoms with Crippen molar-refractivity contribution < 1.29 is 9.90 Å². The molecule has 6 nitrogen and oxygen atoms in total. The normalized spacial score (nSPS) is 14.9. The highest BCUT2D eigenvalue weighted by Crippen LogP contribution is 2.07. The molecule has 3 N–H and O–H groups in total. The summed E-state index contributed by atoms with van der Waals surface area (Å²) < 4.78 is 0. The fourth-order valence-corrected chi connectivity index (χ4v) is 1.93. The van der Waals surface area contributed by atoms with E-state index in [1.807, 2.05) is 60.7 Å². The number of carboxylic acid groups (broad SMARTS) is 1. The number of carboxylic acids is 1. The van der Waals surface area contributed by atoms with Gasteiger partial charge in [-0.25, -0.2) is 0 Å². The Hall–Kier alpha value is -3.54. The Morgan fingerprint density at radius 2 is 1.44 bits per heavy atom. The quantitative estimate of drug-likeness (QED) is 0.634. The Bertz CT molecular complexity index is 812. The molecule has 0 saturated carbocycles. The second-order valence-corrected chi connectivity index (χ2v) is 4.98. The number of benzene rings is 2. The first-order valence-electron chi connectivity index (χ1n) is 7.60. The molecule has 1 aromatic heterocycles. The van der Waals surface area contributed by atoms with Gasteiger partial charge in [0.25, 0.3) is 0 Å². The maximum absolute atomic E-state index is 10.3. The predicted molar refractivity (Wildman–Crippen MR) is 97.5 cm³/mol. The molecule has 0 fully saturated rings. The summed E-state index contributed by atoms with van der Waals surface area (Å²) in [4.78, 5) is 10.3. The first kappa shape index (κ1) is 17.8. The fraction of sp³-hybridized carbons (Fsp3) is 0.0526. The average molecular weight is 334 g/mol. The number of rotatable bonds is 1. The van der Waals surface area contributed by atoms with Crippen LogP contribution in [0.5, 0.6) is 0 Å². The minimum absolute atomic E-state index is 0.134. The molecule has 1 aliphatic rings. The van der Waals surface area contributed by atoms with Gasteiger partial charge >= 0.3 is 5.97 Å². The molecule has 0 spiro atoms. The van der Waals surface area contributed by atoms with Crippen LogP contribution in [0.4, 0.5) is 0 Å². The number of hydrogen-bond acceptors (Lipinski definition) is 4. The van der Waals surface area contributed by atoms with E-state index in [0.29, 0.717) is 0 Å². The number of nitrogens with zero attached hydrogens (tertiary/aromatic N) is 2. The number of para-hydroxylation sites is 2. The number of hydrogen-bond donors (Lipinski definition) is 3. The Kier molecular flexibility index (Phi) is 6.81. The van der Waals surface area contributed by atoms with Crippen molar-refractivity contribution in [3.63, 3.8) is 0 Å². The Morgan fingerprint density at radius 1 is 0.920 bits per heavy atom. The number of aromatic amines is 1. The van der Waals surface area contributed by atoms with Crippen LogP contribution in [0.3, 0.4) is 0 Å². The van der Waals surface area contributed by atoms with E-state index in [0.717, 1.165) is 11.0 Å². The van der Waals surface area contributed by atoms with Crippen molar-refractivity contribution in [3.8, 4) is 0 Å². The Balaban J connectivity index is 0.000000139. The molecule has 0 amide bonds. The second-order valence-electron chi connectivity index (χ2n) is 4.98. The van der Waals surface area contributed by atoms with Gasteiger partial charge in [-0.15, -0.1) is 0 Å². The molecule has 1 aliphatic carbocycles. The lowest BCUT2D eigenvalue weighted by Gasteiger charge is -2.07. The van der Waals surface area contributed by atoms with E-state index in [2.05, 4.69) is 15.4 Å². The van der Waals surface area contributed by atoms with Gasteiger partial charge in [0.15, 0.2) is 0 Å². The van der Waals surface area contributed by atoms with Crippen LogP contribution in [0.1, 0.15) is 0 Å². The van der Waals surface area contributed by atoms with E-state index >= 15 is 0 Å².